The third-order valence-electron chi connectivity index (χ3n) is 2.82. The second-order valence-corrected chi connectivity index (χ2v) is 4.75. The van der Waals surface area contributed by atoms with Crippen LogP contribution in [0.4, 0.5) is 5.69 Å². The topological polar surface area (TPSA) is 71.1 Å². The Morgan fingerprint density at radius 3 is 2.57 bits per heavy atom. The standard InChI is InChI=1S/C15H14ClN3O2/c1-10-7-8-17-14(16)13(10)19-12(20)9-18-15(21)11-5-3-2-4-6-11/h2-8H,9H2,1H3,(H,18,21)(H,19,20). The lowest BCUT2D eigenvalue weighted by molar-refractivity contribution is -0.115. The minimum absolute atomic E-state index is 0.140. The summed E-state index contributed by atoms with van der Waals surface area (Å²) in [6.45, 7) is 1.67. The zero-order valence-electron chi connectivity index (χ0n) is 11.4. The molecule has 2 amide bonds. The van der Waals surface area contributed by atoms with Gasteiger partial charge in [0.05, 0.1) is 12.2 Å². The van der Waals surface area contributed by atoms with Crippen LogP contribution >= 0.6 is 11.6 Å². The molecule has 0 aliphatic heterocycles. The largest absolute Gasteiger partial charge is 0.343 e. The zero-order valence-corrected chi connectivity index (χ0v) is 12.1. The van der Waals surface area contributed by atoms with Crippen LogP contribution in [0.15, 0.2) is 42.6 Å². The Morgan fingerprint density at radius 2 is 1.90 bits per heavy atom. The molecule has 0 unspecified atom stereocenters. The monoisotopic (exact) mass is 303 g/mol. The fourth-order valence-corrected chi connectivity index (χ4v) is 1.96. The van der Waals surface area contributed by atoms with Gasteiger partial charge in [0.1, 0.15) is 0 Å². The summed E-state index contributed by atoms with van der Waals surface area (Å²) in [6.07, 6.45) is 1.56. The molecule has 1 heterocycles. The summed E-state index contributed by atoms with van der Waals surface area (Å²) in [5.41, 5.74) is 1.76. The fraction of sp³-hybridized carbons (Fsp3) is 0.133. The van der Waals surface area contributed by atoms with Gasteiger partial charge in [-0.25, -0.2) is 4.98 Å². The van der Waals surface area contributed by atoms with Crippen molar-refractivity contribution in [2.75, 3.05) is 11.9 Å². The van der Waals surface area contributed by atoms with E-state index in [1.54, 1.807) is 36.5 Å². The number of halogens is 1. The summed E-state index contributed by atoms with van der Waals surface area (Å²) in [4.78, 5) is 27.5. The van der Waals surface area contributed by atoms with E-state index in [2.05, 4.69) is 15.6 Å². The molecule has 0 fully saturated rings. The molecule has 5 nitrogen and oxygen atoms in total. The minimum Gasteiger partial charge on any atom is -0.343 e. The molecule has 1 aromatic carbocycles. The van der Waals surface area contributed by atoms with Crippen molar-refractivity contribution in [2.24, 2.45) is 0 Å². The highest BCUT2D eigenvalue weighted by molar-refractivity contribution is 6.32. The number of aromatic nitrogens is 1. The minimum atomic E-state index is -0.364. The second kappa shape index (κ2) is 6.85. The van der Waals surface area contributed by atoms with Gasteiger partial charge in [-0.2, -0.15) is 0 Å². The zero-order chi connectivity index (χ0) is 15.2. The predicted octanol–water partition coefficient (Wildman–Crippen LogP) is 2.41. The third-order valence-corrected chi connectivity index (χ3v) is 3.11. The van der Waals surface area contributed by atoms with Gasteiger partial charge in [0.25, 0.3) is 5.91 Å². The number of nitrogens with zero attached hydrogens (tertiary/aromatic N) is 1. The van der Waals surface area contributed by atoms with Gasteiger partial charge in [0, 0.05) is 11.8 Å². The molecule has 6 heteroatoms. The third kappa shape index (κ3) is 4.03. The quantitative estimate of drug-likeness (QED) is 0.852. The number of anilines is 1. The number of nitrogens with one attached hydrogen (secondary N) is 2. The first kappa shape index (κ1) is 15.0. The number of carbonyl (C=O) groups is 2. The van der Waals surface area contributed by atoms with E-state index in [1.807, 2.05) is 13.0 Å². The maximum Gasteiger partial charge on any atom is 0.251 e. The van der Waals surface area contributed by atoms with Crippen molar-refractivity contribution in [2.45, 2.75) is 6.92 Å². The van der Waals surface area contributed by atoms with E-state index in [0.717, 1.165) is 5.56 Å². The van der Waals surface area contributed by atoms with E-state index in [9.17, 15) is 9.59 Å². The Hall–Kier alpha value is -2.40. The van der Waals surface area contributed by atoms with Crippen LogP contribution in [-0.2, 0) is 4.79 Å². The molecule has 108 valence electrons. The Labute approximate surface area is 127 Å². The maximum atomic E-state index is 11.8. The Balaban J connectivity index is 1.92. The van der Waals surface area contributed by atoms with Gasteiger partial charge in [-0.1, -0.05) is 29.8 Å². The van der Waals surface area contributed by atoms with Crippen molar-refractivity contribution in [3.8, 4) is 0 Å². The maximum absolute atomic E-state index is 11.8. The molecular formula is C15H14ClN3O2. The SMILES string of the molecule is Cc1ccnc(Cl)c1NC(=O)CNC(=O)c1ccccc1. The fourth-order valence-electron chi connectivity index (χ4n) is 1.71. The van der Waals surface area contributed by atoms with Gasteiger partial charge in [-0.05, 0) is 30.7 Å². The molecule has 0 saturated carbocycles. The molecule has 2 aromatic rings. The normalized spacial score (nSPS) is 10.0. The lowest BCUT2D eigenvalue weighted by Gasteiger charge is -2.10. The molecule has 0 radical (unpaired) electrons. The summed E-state index contributed by atoms with van der Waals surface area (Å²) in [6, 6.07) is 10.4. The lowest BCUT2D eigenvalue weighted by atomic mass is 10.2. The summed E-state index contributed by atoms with van der Waals surface area (Å²) < 4.78 is 0. The number of benzene rings is 1. The van der Waals surface area contributed by atoms with Crippen LogP contribution in [-0.4, -0.2) is 23.3 Å². The molecular weight excluding hydrogens is 290 g/mol. The summed E-state index contributed by atoms with van der Waals surface area (Å²) >= 11 is 5.92. The number of hydrogen-bond donors (Lipinski definition) is 2. The molecule has 0 spiro atoms. The van der Waals surface area contributed by atoms with Crippen LogP contribution < -0.4 is 10.6 Å². The molecule has 0 atom stereocenters. The van der Waals surface area contributed by atoms with Gasteiger partial charge >= 0.3 is 0 Å². The van der Waals surface area contributed by atoms with Gasteiger partial charge in [0.15, 0.2) is 5.15 Å². The number of hydrogen-bond acceptors (Lipinski definition) is 3. The smallest absolute Gasteiger partial charge is 0.251 e. The van der Waals surface area contributed by atoms with Crippen molar-refractivity contribution in [1.29, 1.82) is 0 Å². The number of rotatable bonds is 4. The van der Waals surface area contributed by atoms with Crippen LogP contribution in [0.3, 0.4) is 0 Å². The number of carbonyl (C=O) groups excluding carboxylic acids is 2. The molecule has 21 heavy (non-hydrogen) atoms. The summed E-state index contributed by atoms with van der Waals surface area (Å²) in [5, 5.41) is 5.40. The molecule has 0 bridgehead atoms. The van der Waals surface area contributed by atoms with Gasteiger partial charge in [0.2, 0.25) is 5.91 Å². The van der Waals surface area contributed by atoms with E-state index in [0.29, 0.717) is 11.3 Å². The van der Waals surface area contributed by atoms with Crippen LogP contribution in [0, 0.1) is 6.92 Å². The van der Waals surface area contributed by atoms with Crippen LogP contribution in [0.5, 0.6) is 0 Å². The average molecular weight is 304 g/mol. The molecule has 0 saturated heterocycles. The van der Waals surface area contributed by atoms with Crippen LogP contribution in [0.2, 0.25) is 5.15 Å². The molecule has 2 N–H and O–H groups in total. The lowest BCUT2D eigenvalue weighted by Crippen LogP contribution is -2.33. The predicted molar refractivity (Wildman–Crippen MR) is 81.4 cm³/mol. The molecule has 0 aliphatic carbocycles. The van der Waals surface area contributed by atoms with Crippen molar-refractivity contribution < 1.29 is 9.59 Å². The molecule has 0 aliphatic rings. The highest BCUT2D eigenvalue weighted by Crippen LogP contribution is 2.22. The van der Waals surface area contributed by atoms with Crippen molar-refractivity contribution in [3.63, 3.8) is 0 Å². The number of aryl methyl sites for hydroxylation is 1. The summed E-state index contributed by atoms with van der Waals surface area (Å²) in [5.74, 6) is -0.669. The van der Waals surface area contributed by atoms with Crippen molar-refractivity contribution >= 4 is 29.1 Å². The number of pyridine rings is 1. The molecule has 2 rings (SSSR count). The Kier molecular flexibility index (Phi) is 4.90. The first-order valence-electron chi connectivity index (χ1n) is 6.32. The molecule has 1 aromatic heterocycles. The second-order valence-electron chi connectivity index (χ2n) is 4.39. The van der Waals surface area contributed by atoms with E-state index in [1.165, 1.54) is 0 Å². The van der Waals surface area contributed by atoms with Gasteiger partial charge < -0.3 is 10.6 Å². The van der Waals surface area contributed by atoms with Gasteiger partial charge in [-0.3, -0.25) is 9.59 Å². The van der Waals surface area contributed by atoms with Crippen molar-refractivity contribution in [1.82, 2.24) is 10.3 Å². The average Bonchev–Trinajstić information content (AvgIpc) is 2.49. The van der Waals surface area contributed by atoms with Crippen molar-refractivity contribution in [3.05, 3.63) is 58.9 Å². The first-order valence-corrected chi connectivity index (χ1v) is 6.70. The van der Waals surface area contributed by atoms with E-state index in [4.69, 9.17) is 11.6 Å². The highest BCUT2D eigenvalue weighted by atomic mass is 35.5. The van der Waals surface area contributed by atoms with Crippen LogP contribution in [0.25, 0.3) is 0 Å². The van der Waals surface area contributed by atoms with E-state index < -0.39 is 0 Å². The summed E-state index contributed by atoms with van der Waals surface area (Å²) in [7, 11) is 0. The Morgan fingerprint density at radius 1 is 1.19 bits per heavy atom. The first-order chi connectivity index (χ1) is 10.1. The van der Waals surface area contributed by atoms with Crippen LogP contribution in [0.1, 0.15) is 15.9 Å². The van der Waals surface area contributed by atoms with Gasteiger partial charge in [-0.15, -0.1) is 0 Å². The van der Waals surface area contributed by atoms with E-state index >= 15 is 0 Å². The number of amides is 2. The van der Waals surface area contributed by atoms with E-state index in [-0.39, 0.29) is 23.5 Å². The Bertz CT molecular complexity index is 639. The highest BCUT2D eigenvalue weighted by Gasteiger charge is 2.11.